The van der Waals surface area contributed by atoms with E-state index in [1.165, 1.54) is 4.90 Å². The van der Waals surface area contributed by atoms with E-state index in [0.29, 0.717) is 25.4 Å². The molecule has 1 saturated carbocycles. The number of anilines is 1. The normalized spacial score (nSPS) is 20.7. The van der Waals surface area contributed by atoms with Crippen LogP contribution in [0.15, 0.2) is 24.4 Å². The van der Waals surface area contributed by atoms with Crippen LogP contribution in [-0.2, 0) is 4.79 Å². The van der Waals surface area contributed by atoms with Crippen LogP contribution in [-0.4, -0.2) is 48.2 Å². The molecule has 1 saturated heterocycles. The van der Waals surface area contributed by atoms with Gasteiger partial charge in [0.05, 0.1) is 18.8 Å². The van der Waals surface area contributed by atoms with Crippen molar-refractivity contribution in [1.29, 1.82) is 0 Å². The average molecular weight is 409 g/mol. The van der Waals surface area contributed by atoms with Gasteiger partial charge in [-0.25, -0.2) is 0 Å². The summed E-state index contributed by atoms with van der Waals surface area (Å²) in [6.07, 6.45) is 1.99. The Balaban J connectivity index is 1.30. The summed E-state index contributed by atoms with van der Waals surface area (Å²) < 4.78 is 43.7. The molecule has 1 aromatic carbocycles. The number of hydrogen-bond donors (Lipinski definition) is 2. The van der Waals surface area contributed by atoms with E-state index < -0.39 is 12.7 Å². The number of nitrogens with zero attached hydrogens (tertiary/aromatic N) is 1. The molecule has 5 nitrogen and oxygen atoms in total. The van der Waals surface area contributed by atoms with Crippen molar-refractivity contribution in [2.24, 2.45) is 11.8 Å². The van der Waals surface area contributed by atoms with Crippen molar-refractivity contribution in [2.75, 3.05) is 31.6 Å². The van der Waals surface area contributed by atoms with Gasteiger partial charge in [0.2, 0.25) is 5.91 Å². The molecular weight excluding hydrogens is 383 g/mol. The second-order valence-corrected chi connectivity index (χ2v) is 8.17. The Morgan fingerprint density at radius 3 is 2.86 bits per heavy atom. The van der Waals surface area contributed by atoms with Crippen LogP contribution in [0.3, 0.4) is 0 Å². The van der Waals surface area contributed by atoms with E-state index in [1.807, 2.05) is 18.2 Å². The molecule has 2 aromatic rings. The highest BCUT2D eigenvalue weighted by Gasteiger charge is 2.33. The first-order valence-electron chi connectivity index (χ1n) is 10.2. The molecule has 158 valence electrons. The lowest BCUT2D eigenvalue weighted by molar-refractivity contribution is -0.149. The van der Waals surface area contributed by atoms with Gasteiger partial charge in [0.1, 0.15) is 5.75 Å². The fourth-order valence-corrected chi connectivity index (χ4v) is 4.00. The predicted octanol–water partition coefficient (Wildman–Crippen LogP) is 4.56. The molecule has 1 amide bonds. The summed E-state index contributed by atoms with van der Waals surface area (Å²) in [6, 6.07) is 5.66. The van der Waals surface area contributed by atoms with Gasteiger partial charge >= 0.3 is 6.18 Å². The van der Waals surface area contributed by atoms with Crippen LogP contribution < -0.4 is 10.1 Å². The molecule has 0 spiro atoms. The first kappa shape index (κ1) is 20.1. The lowest BCUT2D eigenvalue weighted by atomic mass is 9.95. The third kappa shape index (κ3) is 5.44. The van der Waals surface area contributed by atoms with Gasteiger partial charge in [0.25, 0.3) is 0 Å². The minimum absolute atomic E-state index is 0.0536. The number of benzene rings is 1. The van der Waals surface area contributed by atoms with Crippen molar-refractivity contribution < 1.29 is 22.7 Å². The van der Waals surface area contributed by atoms with Crippen LogP contribution in [0.4, 0.5) is 18.9 Å². The Hall–Kier alpha value is -2.22. The second kappa shape index (κ2) is 8.26. The highest BCUT2D eigenvalue weighted by atomic mass is 19.4. The lowest BCUT2D eigenvalue weighted by Crippen LogP contribution is -2.41. The number of ether oxygens (including phenoxy) is 1. The van der Waals surface area contributed by atoms with Gasteiger partial charge in [-0.15, -0.1) is 0 Å². The molecule has 1 atom stereocenters. The van der Waals surface area contributed by atoms with Gasteiger partial charge in [0, 0.05) is 29.6 Å². The monoisotopic (exact) mass is 409 g/mol. The smallest absolute Gasteiger partial charge is 0.401 e. The quantitative estimate of drug-likeness (QED) is 0.705. The number of piperidine rings is 1. The van der Waals surface area contributed by atoms with E-state index in [9.17, 15) is 18.0 Å². The molecule has 2 N–H and O–H groups in total. The zero-order valence-corrected chi connectivity index (χ0v) is 16.2. The molecule has 1 aliphatic heterocycles. The molecule has 1 unspecified atom stereocenters. The molecule has 2 aliphatic rings. The van der Waals surface area contributed by atoms with Gasteiger partial charge in [0.15, 0.2) is 0 Å². The SMILES string of the molecule is O=C(Nc1c[nH]c2ccc(OCCC3CCCN(CC(F)(F)F)C3)cc12)C1CC1. The van der Waals surface area contributed by atoms with Crippen LogP contribution in [0.25, 0.3) is 10.9 Å². The largest absolute Gasteiger partial charge is 0.494 e. The van der Waals surface area contributed by atoms with E-state index in [-0.39, 0.29) is 17.7 Å². The van der Waals surface area contributed by atoms with E-state index in [0.717, 1.165) is 48.7 Å². The van der Waals surface area contributed by atoms with Gasteiger partial charge in [-0.1, -0.05) is 0 Å². The van der Waals surface area contributed by atoms with Crippen molar-refractivity contribution in [3.05, 3.63) is 24.4 Å². The molecule has 2 fully saturated rings. The van der Waals surface area contributed by atoms with Crippen molar-refractivity contribution in [2.45, 2.75) is 38.3 Å². The Labute approximate surface area is 167 Å². The number of amides is 1. The number of hydrogen-bond acceptors (Lipinski definition) is 3. The number of carbonyl (C=O) groups excluding carboxylic acids is 1. The third-order valence-corrected chi connectivity index (χ3v) is 5.66. The molecule has 0 radical (unpaired) electrons. The van der Waals surface area contributed by atoms with Crippen LogP contribution in [0, 0.1) is 11.8 Å². The van der Waals surface area contributed by atoms with E-state index in [4.69, 9.17) is 4.74 Å². The minimum Gasteiger partial charge on any atom is -0.494 e. The van der Waals surface area contributed by atoms with Crippen molar-refractivity contribution in [3.8, 4) is 5.75 Å². The highest BCUT2D eigenvalue weighted by Crippen LogP contribution is 2.33. The number of halogens is 3. The molecule has 29 heavy (non-hydrogen) atoms. The third-order valence-electron chi connectivity index (χ3n) is 5.66. The number of likely N-dealkylation sites (tertiary alicyclic amines) is 1. The number of fused-ring (bicyclic) bond motifs is 1. The number of nitrogens with one attached hydrogen (secondary N) is 2. The second-order valence-electron chi connectivity index (χ2n) is 8.17. The molecular formula is C21H26F3N3O2. The summed E-state index contributed by atoms with van der Waals surface area (Å²) in [5, 5.41) is 3.86. The first-order valence-corrected chi connectivity index (χ1v) is 10.2. The van der Waals surface area contributed by atoms with Crippen molar-refractivity contribution in [1.82, 2.24) is 9.88 Å². The lowest BCUT2D eigenvalue weighted by Gasteiger charge is -2.33. The Kier molecular flexibility index (Phi) is 5.72. The number of rotatable bonds is 7. The fourth-order valence-electron chi connectivity index (χ4n) is 4.00. The Morgan fingerprint density at radius 1 is 1.28 bits per heavy atom. The number of H-pyrrole nitrogens is 1. The van der Waals surface area contributed by atoms with Crippen molar-refractivity contribution >= 4 is 22.5 Å². The van der Waals surface area contributed by atoms with Crippen LogP contribution in [0.2, 0.25) is 0 Å². The zero-order valence-electron chi connectivity index (χ0n) is 16.2. The van der Waals surface area contributed by atoms with Crippen LogP contribution in [0.1, 0.15) is 32.1 Å². The van der Waals surface area contributed by atoms with Gasteiger partial charge in [-0.2, -0.15) is 13.2 Å². The van der Waals surface area contributed by atoms with E-state index in [1.54, 1.807) is 6.20 Å². The maximum atomic E-state index is 12.6. The number of aromatic nitrogens is 1. The van der Waals surface area contributed by atoms with Gasteiger partial charge in [-0.3, -0.25) is 9.69 Å². The molecule has 1 aliphatic carbocycles. The number of alkyl halides is 3. The van der Waals surface area contributed by atoms with Crippen LogP contribution in [0.5, 0.6) is 5.75 Å². The average Bonchev–Trinajstić information content (AvgIpc) is 3.44. The zero-order chi connectivity index (χ0) is 20.4. The van der Waals surface area contributed by atoms with E-state index in [2.05, 4.69) is 10.3 Å². The van der Waals surface area contributed by atoms with Crippen LogP contribution >= 0.6 is 0 Å². The summed E-state index contributed by atoms with van der Waals surface area (Å²) >= 11 is 0. The molecule has 8 heteroatoms. The van der Waals surface area contributed by atoms with E-state index >= 15 is 0 Å². The number of aromatic amines is 1. The minimum atomic E-state index is -4.14. The summed E-state index contributed by atoms with van der Waals surface area (Å²) in [5.41, 5.74) is 1.66. The fraction of sp³-hybridized carbons (Fsp3) is 0.571. The predicted molar refractivity (Wildman–Crippen MR) is 105 cm³/mol. The van der Waals surface area contributed by atoms with Gasteiger partial charge in [-0.05, 0) is 62.8 Å². The maximum absolute atomic E-state index is 12.6. The molecule has 4 rings (SSSR count). The first-order chi connectivity index (χ1) is 13.9. The standard InChI is InChI=1S/C21H26F3N3O2/c22-21(23,24)13-27-8-1-2-14(12-27)7-9-29-16-5-6-18-17(10-16)19(11-25-18)26-20(28)15-3-4-15/h5-6,10-11,14-15,25H,1-4,7-9,12-13H2,(H,26,28). The summed E-state index contributed by atoms with van der Waals surface area (Å²) in [6.45, 7) is 0.613. The maximum Gasteiger partial charge on any atom is 0.401 e. The molecule has 0 bridgehead atoms. The Morgan fingerprint density at radius 2 is 2.10 bits per heavy atom. The topological polar surface area (TPSA) is 57.4 Å². The Bertz CT molecular complexity index is 860. The summed E-state index contributed by atoms with van der Waals surface area (Å²) in [7, 11) is 0. The van der Waals surface area contributed by atoms with Gasteiger partial charge < -0.3 is 15.0 Å². The summed E-state index contributed by atoms with van der Waals surface area (Å²) in [5.74, 6) is 1.10. The summed E-state index contributed by atoms with van der Waals surface area (Å²) in [4.78, 5) is 16.7. The highest BCUT2D eigenvalue weighted by molar-refractivity contribution is 6.03. The molecule has 1 aromatic heterocycles. The van der Waals surface area contributed by atoms with Crippen molar-refractivity contribution in [3.63, 3.8) is 0 Å². The number of carbonyl (C=O) groups is 1. The molecule has 2 heterocycles.